The van der Waals surface area contributed by atoms with Crippen molar-refractivity contribution in [3.8, 4) is 0 Å². The molecule has 0 saturated carbocycles. The molecule has 0 radical (unpaired) electrons. The van der Waals surface area contributed by atoms with E-state index < -0.39 is 6.04 Å². The molecule has 5 rings (SSSR count). The Labute approximate surface area is 216 Å². The first kappa shape index (κ1) is 24.0. The second-order valence-electron chi connectivity index (χ2n) is 8.71. The van der Waals surface area contributed by atoms with E-state index in [2.05, 4.69) is 15.4 Å². The van der Waals surface area contributed by atoms with Crippen LogP contribution in [-0.2, 0) is 11.8 Å². The monoisotopic (exact) mass is 517 g/mol. The highest BCUT2D eigenvalue weighted by atomic mass is 35.5. The van der Waals surface area contributed by atoms with Crippen LogP contribution in [0.25, 0.3) is 6.08 Å². The maximum atomic E-state index is 13.7. The summed E-state index contributed by atoms with van der Waals surface area (Å²) in [7, 11) is 1.86. The van der Waals surface area contributed by atoms with Crippen LogP contribution >= 0.6 is 22.9 Å². The number of nitrogens with one attached hydrogen (secondary N) is 1. The van der Waals surface area contributed by atoms with Gasteiger partial charge in [-0.25, -0.2) is 4.99 Å². The minimum absolute atomic E-state index is 0.212. The number of aryl methyl sites for hydroxylation is 2. The van der Waals surface area contributed by atoms with Crippen LogP contribution in [0.3, 0.4) is 0 Å². The fourth-order valence-electron chi connectivity index (χ4n) is 4.27. The fourth-order valence-corrected chi connectivity index (χ4v) is 5.44. The van der Waals surface area contributed by atoms with Gasteiger partial charge in [0, 0.05) is 29.0 Å². The highest BCUT2D eigenvalue weighted by molar-refractivity contribution is 7.07. The zero-order chi connectivity index (χ0) is 25.6. The number of fused-ring (bicyclic) bond motifs is 1. The summed E-state index contributed by atoms with van der Waals surface area (Å²) >= 11 is 7.46. The smallest absolute Gasteiger partial charge is 0.271 e. The summed E-state index contributed by atoms with van der Waals surface area (Å²) in [4.78, 5) is 32.6. The van der Waals surface area contributed by atoms with Crippen LogP contribution in [0.2, 0.25) is 5.02 Å². The molecule has 9 heteroatoms. The molecule has 1 unspecified atom stereocenters. The number of allylic oxidation sites excluding steroid dienone is 1. The average Bonchev–Trinajstić information content (AvgIpc) is 3.33. The predicted octanol–water partition coefficient (Wildman–Crippen LogP) is 3.88. The van der Waals surface area contributed by atoms with Crippen molar-refractivity contribution in [2.24, 2.45) is 12.0 Å². The number of rotatable bonds is 4. The predicted molar refractivity (Wildman–Crippen MR) is 143 cm³/mol. The lowest BCUT2D eigenvalue weighted by atomic mass is 9.95. The van der Waals surface area contributed by atoms with E-state index in [1.807, 2.05) is 63.4 Å². The number of carbonyl (C=O) groups excluding carboxylic acids is 1. The maximum absolute atomic E-state index is 13.7. The number of aromatic nitrogens is 3. The van der Waals surface area contributed by atoms with Gasteiger partial charge in [0.25, 0.3) is 11.5 Å². The van der Waals surface area contributed by atoms with Gasteiger partial charge in [0.1, 0.15) is 0 Å². The lowest BCUT2D eigenvalue weighted by Crippen LogP contribution is -2.40. The van der Waals surface area contributed by atoms with Crippen molar-refractivity contribution >= 4 is 40.6 Å². The third-order valence-electron chi connectivity index (χ3n) is 6.41. The van der Waals surface area contributed by atoms with Crippen LogP contribution in [0.4, 0.5) is 5.69 Å². The third-order valence-corrected chi connectivity index (χ3v) is 7.64. The van der Waals surface area contributed by atoms with Gasteiger partial charge < -0.3 is 5.32 Å². The molecule has 36 heavy (non-hydrogen) atoms. The van der Waals surface area contributed by atoms with Crippen molar-refractivity contribution in [2.45, 2.75) is 26.8 Å². The minimum atomic E-state index is -0.653. The average molecular weight is 518 g/mol. The van der Waals surface area contributed by atoms with Crippen LogP contribution in [0, 0.1) is 13.8 Å². The van der Waals surface area contributed by atoms with Crippen LogP contribution in [0.1, 0.15) is 35.3 Å². The van der Waals surface area contributed by atoms with Crippen molar-refractivity contribution in [3.63, 3.8) is 0 Å². The van der Waals surface area contributed by atoms with E-state index in [9.17, 15) is 9.59 Å². The minimum Gasteiger partial charge on any atom is -0.322 e. The molecule has 4 aromatic rings. The number of anilines is 1. The van der Waals surface area contributed by atoms with Gasteiger partial charge in [-0.2, -0.15) is 5.10 Å². The first-order valence-corrected chi connectivity index (χ1v) is 12.6. The zero-order valence-corrected chi connectivity index (χ0v) is 21.8. The lowest BCUT2D eigenvalue weighted by molar-refractivity contribution is -0.113. The van der Waals surface area contributed by atoms with Gasteiger partial charge in [-0.05, 0) is 56.2 Å². The fraction of sp³-hybridized carbons (Fsp3) is 0.185. The molecular weight excluding hydrogens is 494 g/mol. The summed E-state index contributed by atoms with van der Waals surface area (Å²) in [5.74, 6) is -0.303. The largest absolute Gasteiger partial charge is 0.322 e. The molecule has 0 aliphatic carbocycles. The zero-order valence-electron chi connectivity index (χ0n) is 20.2. The van der Waals surface area contributed by atoms with Crippen LogP contribution in [0.15, 0.2) is 75.8 Å². The van der Waals surface area contributed by atoms with Crippen molar-refractivity contribution < 1.29 is 4.79 Å². The summed E-state index contributed by atoms with van der Waals surface area (Å²) in [6, 6.07) is 14.1. The Hall–Kier alpha value is -3.75. The van der Waals surface area contributed by atoms with Crippen LogP contribution in [-0.4, -0.2) is 20.3 Å². The summed E-state index contributed by atoms with van der Waals surface area (Å²) in [5.41, 5.74) is 5.00. The Bertz CT molecular complexity index is 1710. The SMILES string of the molecule is CC1=C(C(=O)Nc2ccccc2C)C(c2ccc(Cl)cc2)n2c(sc(=Cc3cnn(C)c3C)c2=O)=N1. The molecule has 1 aliphatic heterocycles. The second-order valence-corrected chi connectivity index (χ2v) is 10.2. The Balaban J connectivity index is 1.69. The van der Waals surface area contributed by atoms with E-state index in [-0.39, 0.29) is 11.5 Å². The summed E-state index contributed by atoms with van der Waals surface area (Å²) < 4.78 is 3.89. The van der Waals surface area contributed by atoms with E-state index in [4.69, 9.17) is 11.6 Å². The van der Waals surface area contributed by atoms with Gasteiger partial charge >= 0.3 is 0 Å². The number of benzene rings is 2. The number of thiazole rings is 1. The molecule has 1 amide bonds. The second kappa shape index (κ2) is 9.37. The molecule has 7 nitrogen and oxygen atoms in total. The number of hydrogen-bond acceptors (Lipinski definition) is 5. The molecule has 1 aliphatic rings. The highest BCUT2D eigenvalue weighted by Crippen LogP contribution is 2.31. The Morgan fingerprint density at radius 3 is 2.50 bits per heavy atom. The normalized spacial score (nSPS) is 15.6. The van der Waals surface area contributed by atoms with Crippen molar-refractivity contribution in [3.05, 3.63) is 113 Å². The van der Waals surface area contributed by atoms with Gasteiger partial charge in [-0.15, -0.1) is 0 Å². The van der Waals surface area contributed by atoms with Crippen molar-refractivity contribution in [1.29, 1.82) is 0 Å². The molecule has 182 valence electrons. The van der Waals surface area contributed by atoms with Gasteiger partial charge in [0.15, 0.2) is 4.80 Å². The quantitative estimate of drug-likeness (QED) is 0.446. The molecule has 0 saturated heterocycles. The van der Waals surface area contributed by atoms with Gasteiger partial charge in [-0.1, -0.05) is 53.3 Å². The van der Waals surface area contributed by atoms with E-state index in [0.717, 1.165) is 22.4 Å². The molecule has 2 aromatic carbocycles. The summed E-state index contributed by atoms with van der Waals surface area (Å²) in [5, 5.41) is 7.86. The third kappa shape index (κ3) is 4.23. The molecule has 0 bridgehead atoms. The van der Waals surface area contributed by atoms with E-state index in [0.29, 0.717) is 31.3 Å². The molecule has 0 spiro atoms. The van der Waals surface area contributed by atoms with E-state index in [1.54, 1.807) is 34.5 Å². The van der Waals surface area contributed by atoms with Crippen molar-refractivity contribution in [2.75, 3.05) is 5.32 Å². The molecule has 3 heterocycles. The molecule has 1 N–H and O–H groups in total. The standard InChI is InChI=1S/C27H24ClN5O2S/c1-15-7-5-6-8-21(15)31-25(34)23-16(2)30-27-33(24(23)18-9-11-20(28)12-10-18)26(35)22(36-27)13-19-14-29-32(4)17(19)3/h5-14,24H,1-4H3,(H,31,34). The molecule has 2 aromatic heterocycles. The maximum Gasteiger partial charge on any atom is 0.271 e. The number of hydrogen-bond donors (Lipinski definition) is 1. The molecule has 1 atom stereocenters. The van der Waals surface area contributed by atoms with Crippen molar-refractivity contribution in [1.82, 2.24) is 14.3 Å². The molecule has 0 fully saturated rings. The van der Waals surface area contributed by atoms with E-state index in [1.165, 1.54) is 11.3 Å². The van der Waals surface area contributed by atoms with Gasteiger partial charge in [-0.3, -0.25) is 18.8 Å². The molecular formula is C27H24ClN5O2S. The van der Waals surface area contributed by atoms with Gasteiger partial charge in [0.05, 0.1) is 28.0 Å². The van der Waals surface area contributed by atoms with Crippen LogP contribution < -0.4 is 20.2 Å². The van der Waals surface area contributed by atoms with E-state index >= 15 is 0 Å². The number of halogens is 1. The van der Waals surface area contributed by atoms with Crippen LogP contribution in [0.5, 0.6) is 0 Å². The number of carbonyl (C=O) groups is 1. The first-order chi connectivity index (χ1) is 17.2. The number of nitrogens with zero attached hydrogens (tertiary/aromatic N) is 4. The summed E-state index contributed by atoms with van der Waals surface area (Å²) in [6.07, 6.45) is 3.56. The lowest BCUT2D eigenvalue weighted by Gasteiger charge is -2.25. The Kier molecular flexibility index (Phi) is 6.24. The summed E-state index contributed by atoms with van der Waals surface area (Å²) in [6.45, 7) is 5.69. The Morgan fingerprint density at radius 1 is 1.11 bits per heavy atom. The highest BCUT2D eigenvalue weighted by Gasteiger charge is 2.32. The number of amides is 1. The Morgan fingerprint density at radius 2 is 1.83 bits per heavy atom. The topological polar surface area (TPSA) is 81.3 Å². The first-order valence-electron chi connectivity index (χ1n) is 11.4. The number of para-hydroxylation sites is 1. The van der Waals surface area contributed by atoms with Gasteiger partial charge in [0.2, 0.25) is 0 Å².